The van der Waals surface area contributed by atoms with Crippen LogP contribution in [-0.2, 0) is 23.0 Å². The molecule has 5 heteroatoms. The fourth-order valence-corrected chi connectivity index (χ4v) is 3.49. The largest absolute Gasteiger partial charge is 1.00 e. The van der Waals surface area contributed by atoms with Gasteiger partial charge in [-0.1, -0.05) is 51.0 Å². The van der Waals surface area contributed by atoms with Crippen LogP contribution in [0.2, 0.25) is 0 Å². The van der Waals surface area contributed by atoms with Crippen molar-refractivity contribution < 1.29 is 64.4 Å². The van der Waals surface area contributed by atoms with E-state index in [9.17, 15) is 13.0 Å². The van der Waals surface area contributed by atoms with Crippen LogP contribution in [0.4, 0.5) is 0 Å². The number of fused-ring (bicyclic) bond motifs is 1. The summed E-state index contributed by atoms with van der Waals surface area (Å²) in [6, 6.07) is 9.33. The van der Waals surface area contributed by atoms with E-state index in [0.717, 1.165) is 35.6 Å². The molecule has 2 aromatic carbocycles. The average Bonchev–Trinajstić information content (AvgIpc) is 2.40. The van der Waals surface area contributed by atoms with Crippen LogP contribution in [-0.4, -0.2) is 13.0 Å². The van der Waals surface area contributed by atoms with Crippen molar-refractivity contribution in [3.8, 4) is 0 Å². The molecule has 0 N–H and O–H groups in total. The van der Waals surface area contributed by atoms with Crippen LogP contribution in [0.15, 0.2) is 35.2 Å². The minimum atomic E-state index is -4.44. The van der Waals surface area contributed by atoms with Crippen molar-refractivity contribution in [2.75, 3.05) is 0 Å². The van der Waals surface area contributed by atoms with Crippen molar-refractivity contribution in [1.29, 1.82) is 0 Å². The molecule has 21 heavy (non-hydrogen) atoms. The molecule has 0 spiro atoms. The van der Waals surface area contributed by atoms with Crippen LogP contribution in [0.25, 0.3) is 10.8 Å². The zero-order valence-corrected chi connectivity index (χ0v) is 16.8. The molecule has 0 atom stereocenters. The Morgan fingerprint density at radius 2 is 1.57 bits per heavy atom. The molecule has 0 aliphatic rings. The van der Waals surface area contributed by atoms with E-state index in [1.54, 1.807) is 6.07 Å². The van der Waals surface area contributed by atoms with Gasteiger partial charge in [0.1, 0.15) is 10.1 Å². The summed E-state index contributed by atoms with van der Waals surface area (Å²) in [7, 11) is -4.44. The Morgan fingerprint density at radius 3 is 2.10 bits per heavy atom. The molecule has 0 radical (unpaired) electrons. The molecule has 0 aromatic heterocycles. The van der Waals surface area contributed by atoms with Crippen molar-refractivity contribution in [1.82, 2.24) is 0 Å². The van der Waals surface area contributed by atoms with Crippen LogP contribution in [0.3, 0.4) is 0 Å². The topological polar surface area (TPSA) is 57.2 Å². The van der Waals surface area contributed by atoms with E-state index in [0.29, 0.717) is 12.0 Å². The van der Waals surface area contributed by atoms with Gasteiger partial charge in [0.05, 0.1) is 4.90 Å². The molecule has 3 nitrogen and oxygen atoms in total. The number of aryl methyl sites for hydroxylation is 2. The first-order valence-electron chi connectivity index (χ1n) is 6.98. The Labute approximate surface area is 169 Å². The molecule has 2 aromatic rings. The number of hydrogen-bond acceptors (Lipinski definition) is 3. The van der Waals surface area contributed by atoms with Gasteiger partial charge in [-0.3, -0.25) is 0 Å². The fourth-order valence-electron chi connectivity index (χ4n) is 2.69. The molecule has 0 amide bonds. The van der Waals surface area contributed by atoms with Crippen molar-refractivity contribution >= 4 is 20.9 Å². The van der Waals surface area contributed by atoms with Gasteiger partial charge in [-0.05, 0) is 40.8 Å². The molecule has 0 aliphatic heterocycles. The van der Waals surface area contributed by atoms with Crippen LogP contribution in [0.5, 0.6) is 0 Å². The Hall–Kier alpha value is 0.246. The summed E-state index contributed by atoms with van der Waals surface area (Å²) >= 11 is 0. The average molecular weight is 330 g/mol. The molecule has 0 saturated heterocycles. The maximum Gasteiger partial charge on any atom is 1.00 e. The summed E-state index contributed by atoms with van der Waals surface area (Å²) in [5.74, 6) is 0. The van der Waals surface area contributed by atoms with E-state index in [1.807, 2.05) is 38.1 Å². The van der Waals surface area contributed by atoms with Gasteiger partial charge < -0.3 is 4.55 Å². The molecule has 0 saturated carbocycles. The minimum absolute atomic E-state index is 0. The zero-order chi connectivity index (χ0) is 14.8. The summed E-state index contributed by atoms with van der Waals surface area (Å²) < 4.78 is 34.7. The summed E-state index contributed by atoms with van der Waals surface area (Å²) in [6.07, 6.45) is 3.09. The van der Waals surface area contributed by atoms with E-state index in [2.05, 4.69) is 0 Å². The maximum absolute atomic E-state index is 11.6. The van der Waals surface area contributed by atoms with Gasteiger partial charge in [0.2, 0.25) is 0 Å². The van der Waals surface area contributed by atoms with E-state index in [-0.39, 0.29) is 56.3 Å². The summed E-state index contributed by atoms with van der Waals surface area (Å²) in [4.78, 5) is -0.0403. The molecule has 108 valence electrons. The zero-order valence-electron chi connectivity index (χ0n) is 12.8. The molecule has 0 heterocycles. The van der Waals surface area contributed by atoms with Gasteiger partial charge >= 0.3 is 51.4 Å². The van der Waals surface area contributed by atoms with Gasteiger partial charge in [-0.25, -0.2) is 8.42 Å². The predicted molar refractivity (Wildman–Crippen MR) is 79.9 cm³/mol. The SMILES string of the molecule is CCCc1cc(S(=O)(=O)[O-])c(CCC)c2ccccc12.[K+]. The molecular formula is C16H19KO3S. The Balaban J connectivity index is 0.00000220. The molecular weight excluding hydrogens is 311 g/mol. The minimum Gasteiger partial charge on any atom is -0.744 e. The van der Waals surface area contributed by atoms with Crippen molar-refractivity contribution in [3.05, 3.63) is 41.5 Å². The molecule has 0 aliphatic carbocycles. The first kappa shape index (κ1) is 19.3. The van der Waals surface area contributed by atoms with Crippen LogP contribution in [0.1, 0.15) is 37.8 Å². The normalized spacial score (nSPS) is 11.4. The van der Waals surface area contributed by atoms with Gasteiger partial charge in [-0.2, -0.15) is 0 Å². The van der Waals surface area contributed by atoms with E-state index in [1.165, 1.54) is 0 Å². The van der Waals surface area contributed by atoms with Gasteiger partial charge in [0.15, 0.2) is 0 Å². The monoisotopic (exact) mass is 330 g/mol. The van der Waals surface area contributed by atoms with Gasteiger partial charge in [-0.15, -0.1) is 0 Å². The summed E-state index contributed by atoms with van der Waals surface area (Å²) in [5, 5.41) is 1.96. The summed E-state index contributed by atoms with van der Waals surface area (Å²) in [6.45, 7) is 4.02. The second-order valence-electron chi connectivity index (χ2n) is 5.01. The van der Waals surface area contributed by atoms with Crippen molar-refractivity contribution in [2.24, 2.45) is 0 Å². The van der Waals surface area contributed by atoms with Crippen LogP contribution in [0, 0.1) is 0 Å². The molecule has 0 bridgehead atoms. The predicted octanol–water partition coefficient (Wildman–Crippen LogP) is 0.653. The quantitative estimate of drug-likeness (QED) is 0.597. The standard InChI is InChI=1S/C16H20O3S.K/c1-3-7-12-11-16(20(17,18)19)15(8-4-2)14-10-6-5-9-13(12)14;/h5-6,9-11H,3-4,7-8H2,1-2H3,(H,17,18,19);/q;+1/p-1. The Kier molecular flexibility index (Phi) is 7.53. The fraction of sp³-hybridized carbons (Fsp3) is 0.375. The molecule has 0 fully saturated rings. The summed E-state index contributed by atoms with van der Waals surface area (Å²) in [5.41, 5.74) is 1.61. The smallest absolute Gasteiger partial charge is 0.744 e. The first-order chi connectivity index (χ1) is 9.49. The van der Waals surface area contributed by atoms with Crippen LogP contribution >= 0.6 is 0 Å². The van der Waals surface area contributed by atoms with Gasteiger partial charge in [0.25, 0.3) is 0 Å². The number of hydrogen-bond donors (Lipinski definition) is 0. The molecule has 2 rings (SSSR count). The van der Waals surface area contributed by atoms with Gasteiger partial charge in [0, 0.05) is 0 Å². The Bertz CT molecular complexity index is 724. The molecule has 0 unspecified atom stereocenters. The third kappa shape index (κ3) is 4.38. The first-order valence-corrected chi connectivity index (χ1v) is 8.39. The van der Waals surface area contributed by atoms with Crippen molar-refractivity contribution in [3.63, 3.8) is 0 Å². The van der Waals surface area contributed by atoms with E-state index >= 15 is 0 Å². The van der Waals surface area contributed by atoms with Crippen molar-refractivity contribution in [2.45, 2.75) is 44.4 Å². The Morgan fingerprint density at radius 1 is 1.00 bits per heavy atom. The number of rotatable bonds is 5. The van der Waals surface area contributed by atoms with E-state index in [4.69, 9.17) is 0 Å². The maximum atomic E-state index is 11.6. The van der Waals surface area contributed by atoms with Crippen LogP contribution < -0.4 is 51.4 Å². The second kappa shape index (κ2) is 8.20. The van der Waals surface area contributed by atoms with E-state index < -0.39 is 10.1 Å². The second-order valence-corrected chi connectivity index (χ2v) is 6.36. The third-order valence-corrected chi connectivity index (χ3v) is 4.39. The number of benzene rings is 2. The third-order valence-electron chi connectivity index (χ3n) is 3.49.